The standard InChI is InChI=1S/C9H15N5OS/c10-8(15)5-13-1-3-14(4-2-13)6-9-11-7-12-16-9/h7H,1-6H2,(H2,10,15). The van der Waals surface area contributed by atoms with Gasteiger partial charge in [0.2, 0.25) is 5.91 Å². The summed E-state index contributed by atoms with van der Waals surface area (Å²) in [7, 11) is 0. The van der Waals surface area contributed by atoms with E-state index in [1.165, 1.54) is 11.5 Å². The zero-order valence-corrected chi connectivity index (χ0v) is 9.82. The minimum atomic E-state index is -0.252. The largest absolute Gasteiger partial charge is 0.369 e. The summed E-state index contributed by atoms with van der Waals surface area (Å²) in [4.78, 5) is 19.3. The molecule has 1 aliphatic rings. The van der Waals surface area contributed by atoms with E-state index < -0.39 is 0 Å². The van der Waals surface area contributed by atoms with Gasteiger partial charge in [-0.25, -0.2) is 4.98 Å². The fourth-order valence-corrected chi connectivity index (χ4v) is 2.33. The molecule has 0 unspecified atom stereocenters. The molecule has 2 heterocycles. The Balaban J connectivity index is 1.75. The molecule has 2 rings (SSSR count). The summed E-state index contributed by atoms with van der Waals surface area (Å²) in [5, 5.41) is 1.04. The van der Waals surface area contributed by atoms with E-state index in [0.29, 0.717) is 6.54 Å². The number of hydrogen-bond acceptors (Lipinski definition) is 6. The maximum absolute atomic E-state index is 10.8. The minimum Gasteiger partial charge on any atom is -0.369 e. The first kappa shape index (κ1) is 11.4. The van der Waals surface area contributed by atoms with Crippen LogP contribution in [-0.2, 0) is 11.3 Å². The molecule has 7 heteroatoms. The molecule has 88 valence electrons. The SMILES string of the molecule is NC(=O)CN1CCN(Cc2ncns2)CC1. The zero-order valence-electron chi connectivity index (χ0n) is 9.00. The number of carbonyl (C=O) groups excluding carboxylic acids is 1. The van der Waals surface area contributed by atoms with Gasteiger partial charge in [0.25, 0.3) is 0 Å². The number of piperazine rings is 1. The summed E-state index contributed by atoms with van der Waals surface area (Å²) < 4.78 is 3.97. The fraction of sp³-hybridized carbons (Fsp3) is 0.667. The highest BCUT2D eigenvalue weighted by molar-refractivity contribution is 7.05. The van der Waals surface area contributed by atoms with Crippen LogP contribution in [0.5, 0.6) is 0 Å². The van der Waals surface area contributed by atoms with Crippen LogP contribution in [0, 0.1) is 0 Å². The first-order chi connectivity index (χ1) is 7.74. The Morgan fingerprint density at radius 2 is 2.06 bits per heavy atom. The summed E-state index contributed by atoms with van der Waals surface area (Å²) in [6, 6.07) is 0. The first-order valence-corrected chi connectivity index (χ1v) is 6.00. The van der Waals surface area contributed by atoms with Crippen molar-refractivity contribution in [2.24, 2.45) is 5.73 Å². The summed E-state index contributed by atoms with van der Waals surface area (Å²) in [5.74, 6) is -0.252. The normalized spacial score (nSPS) is 18.8. The second kappa shape index (κ2) is 5.33. The Kier molecular flexibility index (Phi) is 3.81. The molecule has 0 radical (unpaired) electrons. The predicted molar refractivity (Wildman–Crippen MR) is 60.8 cm³/mol. The minimum absolute atomic E-state index is 0.252. The van der Waals surface area contributed by atoms with Gasteiger partial charge in [0.15, 0.2) is 0 Å². The molecule has 1 aliphatic heterocycles. The predicted octanol–water partition coefficient (Wildman–Crippen LogP) is -0.859. The number of nitrogens with zero attached hydrogens (tertiary/aromatic N) is 4. The smallest absolute Gasteiger partial charge is 0.231 e. The van der Waals surface area contributed by atoms with E-state index in [1.807, 2.05) is 0 Å². The lowest BCUT2D eigenvalue weighted by molar-refractivity contribution is -0.119. The lowest BCUT2D eigenvalue weighted by Crippen LogP contribution is -2.48. The Morgan fingerprint density at radius 3 is 2.62 bits per heavy atom. The van der Waals surface area contributed by atoms with E-state index in [9.17, 15) is 4.79 Å². The van der Waals surface area contributed by atoms with Crippen molar-refractivity contribution in [1.82, 2.24) is 19.2 Å². The molecule has 16 heavy (non-hydrogen) atoms. The van der Waals surface area contributed by atoms with E-state index in [4.69, 9.17) is 5.73 Å². The molecule has 6 nitrogen and oxygen atoms in total. The Morgan fingerprint density at radius 1 is 1.38 bits per heavy atom. The van der Waals surface area contributed by atoms with Gasteiger partial charge in [-0.05, 0) is 11.5 Å². The Hall–Kier alpha value is -1.05. The third-order valence-corrected chi connectivity index (χ3v) is 3.26. The average Bonchev–Trinajstić information content (AvgIpc) is 2.73. The average molecular weight is 241 g/mol. The number of hydrogen-bond donors (Lipinski definition) is 1. The van der Waals surface area contributed by atoms with Crippen molar-refractivity contribution in [3.8, 4) is 0 Å². The van der Waals surface area contributed by atoms with E-state index >= 15 is 0 Å². The van der Waals surface area contributed by atoms with Crippen LogP contribution < -0.4 is 5.73 Å². The summed E-state index contributed by atoms with van der Waals surface area (Å²) >= 11 is 1.44. The highest BCUT2D eigenvalue weighted by Crippen LogP contribution is 2.08. The maximum Gasteiger partial charge on any atom is 0.231 e. The second-order valence-corrected chi connectivity index (χ2v) is 4.72. The molecule has 2 N–H and O–H groups in total. The van der Waals surface area contributed by atoms with Crippen LogP contribution in [0.3, 0.4) is 0 Å². The topological polar surface area (TPSA) is 75.4 Å². The van der Waals surface area contributed by atoms with Gasteiger partial charge < -0.3 is 5.73 Å². The molecule has 0 aliphatic carbocycles. The third kappa shape index (κ3) is 3.22. The van der Waals surface area contributed by atoms with Crippen LogP contribution in [0.4, 0.5) is 0 Å². The van der Waals surface area contributed by atoms with Gasteiger partial charge in [-0.1, -0.05) is 0 Å². The van der Waals surface area contributed by atoms with Crippen LogP contribution in [0.2, 0.25) is 0 Å². The summed E-state index contributed by atoms with van der Waals surface area (Å²) in [5.41, 5.74) is 5.16. The highest BCUT2D eigenvalue weighted by Gasteiger charge is 2.18. The number of carbonyl (C=O) groups is 1. The number of aromatic nitrogens is 2. The lowest BCUT2D eigenvalue weighted by Gasteiger charge is -2.33. The monoisotopic (exact) mass is 241 g/mol. The van der Waals surface area contributed by atoms with Gasteiger partial charge in [0.05, 0.1) is 13.1 Å². The summed E-state index contributed by atoms with van der Waals surface area (Å²) in [6.07, 6.45) is 1.59. The van der Waals surface area contributed by atoms with Gasteiger partial charge >= 0.3 is 0 Å². The Bertz CT molecular complexity index is 334. The summed E-state index contributed by atoms with van der Waals surface area (Å²) in [6.45, 7) is 4.91. The van der Waals surface area contributed by atoms with Gasteiger partial charge in [0, 0.05) is 26.2 Å². The van der Waals surface area contributed by atoms with Gasteiger partial charge in [-0.2, -0.15) is 4.37 Å². The van der Waals surface area contributed by atoms with Crippen molar-refractivity contribution in [3.05, 3.63) is 11.3 Å². The van der Waals surface area contributed by atoms with E-state index in [0.717, 1.165) is 37.7 Å². The van der Waals surface area contributed by atoms with Crippen molar-refractivity contribution < 1.29 is 4.79 Å². The third-order valence-electron chi connectivity index (χ3n) is 2.61. The van der Waals surface area contributed by atoms with Crippen molar-refractivity contribution in [2.75, 3.05) is 32.7 Å². The molecule has 1 amide bonds. The van der Waals surface area contributed by atoms with Crippen LogP contribution in [0.25, 0.3) is 0 Å². The van der Waals surface area contributed by atoms with Crippen molar-refractivity contribution in [1.29, 1.82) is 0 Å². The lowest BCUT2D eigenvalue weighted by atomic mass is 10.3. The van der Waals surface area contributed by atoms with Gasteiger partial charge in [-0.15, -0.1) is 0 Å². The Labute approximate surface area is 98.2 Å². The number of amides is 1. The fourth-order valence-electron chi connectivity index (χ4n) is 1.78. The van der Waals surface area contributed by atoms with E-state index in [1.54, 1.807) is 6.33 Å². The molecule has 0 saturated carbocycles. The highest BCUT2D eigenvalue weighted by atomic mass is 32.1. The number of nitrogens with two attached hydrogens (primary N) is 1. The zero-order chi connectivity index (χ0) is 11.4. The molecule has 0 atom stereocenters. The molecule has 0 spiro atoms. The molecule has 0 bridgehead atoms. The van der Waals surface area contributed by atoms with E-state index in [2.05, 4.69) is 19.2 Å². The van der Waals surface area contributed by atoms with Crippen LogP contribution in [0.15, 0.2) is 6.33 Å². The van der Waals surface area contributed by atoms with Crippen molar-refractivity contribution in [3.63, 3.8) is 0 Å². The maximum atomic E-state index is 10.8. The van der Waals surface area contributed by atoms with Gasteiger partial charge in [-0.3, -0.25) is 14.6 Å². The molecular weight excluding hydrogens is 226 g/mol. The molecule has 1 aromatic heterocycles. The van der Waals surface area contributed by atoms with Crippen molar-refractivity contribution >= 4 is 17.4 Å². The van der Waals surface area contributed by atoms with Crippen LogP contribution in [0.1, 0.15) is 5.01 Å². The van der Waals surface area contributed by atoms with Crippen LogP contribution in [-0.4, -0.2) is 57.8 Å². The first-order valence-electron chi connectivity index (χ1n) is 5.22. The van der Waals surface area contributed by atoms with Crippen molar-refractivity contribution in [2.45, 2.75) is 6.54 Å². The number of rotatable bonds is 4. The number of primary amides is 1. The van der Waals surface area contributed by atoms with Gasteiger partial charge in [0.1, 0.15) is 11.3 Å². The molecular formula is C9H15N5OS. The molecule has 1 saturated heterocycles. The van der Waals surface area contributed by atoms with Crippen LogP contribution >= 0.6 is 11.5 Å². The quantitative estimate of drug-likeness (QED) is 0.742. The van der Waals surface area contributed by atoms with E-state index in [-0.39, 0.29) is 5.91 Å². The molecule has 1 aromatic rings. The molecule has 0 aromatic carbocycles. The second-order valence-electron chi connectivity index (χ2n) is 3.85. The molecule has 1 fully saturated rings.